The van der Waals surface area contributed by atoms with E-state index in [1.807, 2.05) is 11.8 Å². The summed E-state index contributed by atoms with van der Waals surface area (Å²) in [6, 6.07) is 2.07. The van der Waals surface area contributed by atoms with Gasteiger partial charge in [0.25, 0.3) is 0 Å². The summed E-state index contributed by atoms with van der Waals surface area (Å²) in [7, 11) is 0. The van der Waals surface area contributed by atoms with Crippen molar-refractivity contribution in [1.29, 1.82) is 0 Å². The SMILES string of the molecule is Cc1cc2c(NN)nc(CSC(C)(C)C)nc2s1. The number of nitrogens with two attached hydrogens (primary N) is 1. The molecule has 4 nitrogen and oxygen atoms in total. The lowest BCUT2D eigenvalue weighted by Gasteiger charge is -2.16. The Morgan fingerprint density at radius 3 is 2.72 bits per heavy atom. The van der Waals surface area contributed by atoms with Gasteiger partial charge >= 0.3 is 0 Å². The highest BCUT2D eigenvalue weighted by Crippen LogP contribution is 2.31. The second-order valence-corrected chi connectivity index (χ2v) is 8.15. The van der Waals surface area contributed by atoms with E-state index in [0.29, 0.717) is 5.82 Å². The molecule has 0 radical (unpaired) electrons. The summed E-state index contributed by atoms with van der Waals surface area (Å²) in [5, 5.41) is 1.00. The predicted octanol–water partition coefficient (Wildman–Crippen LogP) is 3.32. The molecule has 0 fully saturated rings. The molecule has 0 aliphatic carbocycles. The largest absolute Gasteiger partial charge is 0.308 e. The van der Waals surface area contributed by atoms with E-state index in [4.69, 9.17) is 5.84 Å². The van der Waals surface area contributed by atoms with Gasteiger partial charge in [0.2, 0.25) is 0 Å². The smallest absolute Gasteiger partial charge is 0.152 e. The minimum atomic E-state index is 0.208. The van der Waals surface area contributed by atoms with Crippen LogP contribution in [0, 0.1) is 6.92 Å². The lowest BCUT2D eigenvalue weighted by atomic mass is 10.3. The summed E-state index contributed by atoms with van der Waals surface area (Å²) in [5.41, 5.74) is 2.67. The van der Waals surface area contributed by atoms with Gasteiger partial charge in [-0.3, -0.25) is 0 Å². The molecule has 18 heavy (non-hydrogen) atoms. The number of fused-ring (bicyclic) bond motifs is 1. The van der Waals surface area contributed by atoms with Gasteiger partial charge in [0.15, 0.2) is 5.82 Å². The van der Waals surface area contributed by atoms with Crippen molar-refractivity contribution in [3.63, 3.8) is 0 Å². The number of hydrogen-bond donors (Lipinski definition) is 2. The second kappa shape index (κ2) is 5.03. The predicted molar refractivity (Wildman–Crippen MR) is 81.0 cm³/mol. The molecule has 0 saturated carbocycles. The van der Waals surface area contributed by atoms with Crippen molar-refractivity contribution >= 4 is 39.1 Å². The number of nitrogens with one attached hydrogen (secondary N) is 1. The fourth-order valence-corrected chi connectivity index (χ4v) is 3.13. The Hall–Kier alpha value is -0.850. The van der Waals surface area contributed by atoms with E-state index in [-0.39, 0.29) is 4.75 Å². The van der Waals surface area contributed by atoms with Crippen LogP contribution in [0.4, 0.5) is 5.82 Å². The van der Waals surface area contributed by atoms with Crippen LogP contribution in [0.1, 0.15) is 31.5 Å². The Bertz CT molecular complexity index is 557. The highest BCUT2D eigenvalue weighted by Gasteiger charge is 2.14. The first-order chi connectivity index (χ1) is 8.39. The number of thioether (sulfide) groups is 1. The van der Waals surface area contributed by atoms with Crippen LogP contribution in [0.5, 0.6) is 0 Å². The molecule has 3 N–H and O–H groups in total. The molecule has 0 spiro atoms. The number of nitrogens with zero attached hydrogens (tertiary/aromatic N) is 2. The molecule has 2 rings (SSSR count). The Morgan fingerprint density at radius 2 is 2.11 bits per heavy atom. The van der Waals surface area contributed by atoms with Gasteiger partial charge in [-0.25, -0.2) is 15.8 Å². The number of aromatic nitrogens is 2. The lowest BCUT2D eigenvalue weighted by Crippen LogP contribution is -2.12. The molecule has 2 aromatic heterocycles. The number of hydrogen-bond acceptors (Lipinski definition) is 6. The van der Waals surface area contributed by atoms with Gasteiger partial charge in [-0.05, 0) is 13.0 Å². The minimum Gasteiger partial charge on any atom is -0.308 e. The lowest BCUT2D eigenvalue weighted by molar-refractivity contribution is 0.800. The summed E-state index contributed by atoms with van der Waals surface area (Å²) >= 11 is 3.51. The van der Waals surface area contributed by atoms with E-state index in [1.54, 1.807) is 11.3 Å². The van der Waals surface area contributed by atoms with Crippen molar-refractivity contribution in [2.24, 2.45) is 5.84 Å². The molecule has 0 atom stereocenters. The highest BCUT2D eigenvalue weighted by atomic mass is 32.2. The molecule has 2 aromatic rings. The van der Waals surface area contributed by atoms with Gasteiger partial charge < -0.3 is 5.43 Å². The molecule has 0 aliphatic rings. The van der Waals surface area contributed by atoms with Crippen molar-refractivity contribution in [3.05, 3.63) is 16.8 Å². The van der Waals surface area contributed by atoms with Crippen molar-refractivity contribution < 1.29 is 0 Å². The van der Waals surface area contributed by atoms with Crippen LogP contribution in [0.2, 0.25) is 0 Å². The molecular weight excluding hydrogens is 264 g/mol. The molecule has 0 saturated heterocycles. The minimum absolute atomic E-state index is 0.208. The third-order valence-electron chi connectivity index (χ3n) is 2.33. The van der Waals surface area contributed by atoms with Crippen LogP contribution in [0.15, 0.2) is 6.07 Å². The van der Waals surface area contributed by atoms with Gasteiger partial charge in [0.1, 0.15) is 10.7 Å². The fraction of sp³-hybridized carbons (Fsp3) is 0.500. The number of rotatable bonds is 3. The zero-order chi connectivity index (χ0) is 13.3. The van der Waals surface area contributed by atoms with Crippen LogP contribution in [-0.2, 0) is 5.75 Å². The molecule has 98 valence electrons. The maximum atomic E-state index is 5.53. The van der Waals surface area contributed by atoms with Crippen LogP contribution < -0.4 is 11.3 Å². The van der Waals surface area contributed by atoms with Crippen molar-refractivity contribution in [1.82, 2.24) is 9.97 Å². The van der Waals surface area contributed by atoms with Crippen LogP contribution in [-0.4, -0.2) is 14.7 Å². The van der Waals surface area contributed by atoms with Gasteiger partial charge in [-0.2, -0.15) is 0 Å². The highest BCUT2D eigenvalue weighted by molar-refractivity contribution is 7.99. The first-order valence-electron chi connectivity index (χ1n) is 5.77. The van der Waals surface area contributed by atoms with Gasteiger partial charge in [0.05, 0.1) is 11.1 Å². The molecule has 6 heteroatoms. The Kier molecular flexibility index (Phi) is 3.79. The van der Waals surface area contributed by atoms with E-state index in [9.17, 15) is 0 Å². The summed E-state index contributed by atoms with van der Waals surface area (Å²) < 4.78 is 0.208. The third kappa shape index (κ3) is 3.13. The molecule has 0 aromatic carbocycles. The normalized spacial score (nSPS) is 12.1. The van der Waals surface area contributed by atoms with Crippen molar-refractivity contribution in [2.45, 2.75) is 38.2 Å². The maximum absolute atomic E-state index is 5.53. The average molecular weight is 282 g/mol. The number of hydrazine groups is 1. The van der Waals surface area contributed by atoms with E-state index in [2.05, 4.69) is 49.2 Å². The first kappa shape index (κ1) is 13.6. The quantitative estimate of drug-likeness (QED) is 0.668. The van der Waals surface area contributed by atoms with Gasteiger partial charge in [0, 0.05) is 9.62 Å². The zero-order valence-corrected chi connectivity index (χ0v) is 12.7. The molecular formula is C12H18N4S2. The Labute approximate surface area is 115 Å². The van der Waals surface area contributed by atoms with Crippen LogP contribution in [0.3, 0.4) is 0 Å². The molecule has 0 unspecified atom stereocenters. The van der Waals surface area contributed by atoms with E-state index < -0.39 is 0 Å². The van der Waals surface area contributed by atoms with Crippen LogP contribution in [0.25, 0.3) is 10.2 Å². The van der Waals surface area contributed by atoms with Crippen LogP contribution >= 0.6 is 23.1 Å². The summed E-state index contributed by atoms with van der Waals surface area (Å²) in [4.78, 5) is 11.3. The third-order valence-corrected chi connectivity index (χ3v) is 4.55. The monoisotopic (exact) mass is 282 g/mol. The zero-order valence-electron chi connectivity index (χ0n) is 11.1. The molecule has 0 bridgehead atoms. The molecule has 0 amide bonds. The topological polar surface area (TPSA) is 63.8 Å². The first-order valence-corrected chi connectivity index (χ1v) is 7.57. The molecule has 2 heterocycles. The van der Waals surface area contributed by atoms with Gasteiger partial charge in [-0.1, -0.05) is 20.8 Å². The van der Waals surface area contributed by atoms with Gasteiger partial charge in [-0.15, -0.1) is 23.1 Å². The Morgan fingerprint density at radius 1 is 1.39 bits per heavy atom. The van der Waals surface area contributed by atoms with E-state index in [1.165, 1.54) is 4.88 Å². The summed E-state index contributed by atoms with van der Waals surface area (Å²) in [6.07, 6.45) is 0. The second-order valence-electron chi connectivity index (χ2n) is 5.11. The molecule has 0 aliphatic heterocycles. The maximum Gasteiger partial charge on any atom is 0.152 e. The number of aryl methyl sites for hydroxylation is 1. The van der Waals surface area contributed by atoms with E-state index >= 15 is 0 Å². The average Bonchev–Trinajstić information content (AvgIpc) is 2.64. The number of nitrogen functional groups attached to an aromatic ring is 1. The summed E-state index contributed by atoms with van der Waals surface area (Å²) in [6.45, 7) is 8.63. The van der Waals surface area contributed by atoms with E-state index in [0.717, 1.165) is 21.8 Å². The van der Waals surface area contributed by atoms with Crippen molar-refractivity contribution in [3.8, 4) is 0 Å². The standard InChI is InChI=1S/C12H18N4S2/c1-7-5-8-10(16-13)14-9(15-11(8)18-7)6-17-12(2,3)4/h5H,6,13H2,1-4H3,(H,14,15,16). The summed E-state index contributed by atoms with van der Waals surface area (Å²) in [5.74, 6) is 7.88. The Balaban J connectivity index is 2.34. The fourth-order valence-electron chi connectivity index (χ4n) is 1.54. The number of thiophene rings is 1. The van der Waals surface area contributed by atoms with Crippen molar-refractivity contribution in [2.75, 3.05) is 5.43 Å². The number of anilines is 1.